The van der Waals surface area contributed by atoms with Crippen molar-refractivity contribution in [2.45, 2.75) is 82.6 Å². The minimum absolute atomic E-state index is 0.0873. The molecule has 0 radical (unpaired) electrons. The largest absolute Gasteiger partial charge is 0.416 e. The fourth-order valence-electron chi connectivity index (χ4n) is 7.06. The lowest BCUT2D eigenvalue weighted by Crippen LogP contribution is -2.55. The second-order valence-electron chi connectivity index (χ2n) is 12.5. The highest BCUT2D eigenvalue weighted by Crippen LogP contribution is 2.45. The number of aromatic nitrogens is 2. The molecule has 1 aliphatic carbocycles. The van der Waals surface area contributed by atoms with Crippen LogP contribution < -0.4 is 0 Å². The molecular formula is C31H41F3N6O2. The molecule has 3 amide bonds. The number of benzene rings is 1. The van der Waals surface area contributed by atoms with Gasteiger partial charge in [-0.2, -0.15) is 18.3 Å². The molecule has 0 N–H and O–H groups in total. The van der Waals surface area contributed by atoms with Gasteiger partial charge in [-0.3, -0.25) is 14.4 Å². The van der Waals surface area contributed by atoms with Crippen molar-refractivity contribution in [2.24, 2.45) is 0 Å². The SMILES string of the molecule is CC(C)N1CCN(C(=O)N2CCC(n3ncc(C(=O)N4CCCC4c4ccccc4C(F)(F)F)c3C3CC3)CC2)CC1. The number of urea groups is 1. The van der Waals surface area contributed by atoms with Crippen LogP contribution in [-0.2, 0) is 6.18 Å². The van der Waals surface area contributed by atoms with Gasteiger partial charge in [0.05, 0.1) is 35.1 Å². The second kappa shape index (κ2) is 11.5. The van der Waals surface area contributed by atoms with Gasteiger partial charge in [-0.05, 0) is 64.0 Å². The Labute approximate surface area is 245 Å². The summed E-state index contributed by atoms with van der Waals surface area (Å²) in [5.74, 6) is 0.0164. The number of nitrogens with zero attached hydrogens (tertiary/aromatic N) is 6. The van der Waals surface area contributed by atoms with Gasteiger partial charge in [0.2, 0.25) is 0 Å². The fraction of sp³-hybridized carbons (Fsp3) is 0.645. The van der Waals surface area contributed by atoms with Crippen LogP contribution in [0.15, 0.2) is 30.5 Å². The number of amides is 3. The Hall–Kier alpha value is -3.08. The predicted molar refractivity (Wildman–Crippen MR) is 152 cm³/mol. The van der Waals surface area contributed by atoms with Crippen molar-refractivity contribution in [3.05, 3.63) is 52.8 Å². The van der Waals surface area contributed by atoms with E-state index in [1.807, 2.05) is 14.5 Å². The van der Waals surface area contributed by atoms with E-state index >= 15 is 0 Å². The van der Waals surface area contributed by atoms with Gasteiger partial charge in [0.15, 0.2) is 0 Å². The topological polar surface area (TPSA) is 64.9 Å². The number of rotatable bonds is 5. The summed E-state index contributed by atoms with van der Waals surface area (Å²) >= 11 is 0. The Balaban J connectivity index is 1.15. The first-order valence-electron chi connectivity index (χ1n) is 15.5. The van der Waals surface area contributed by atoms with Gasteiger partial charge < -0.3 is 14.7 Å². The molecule has 42 heavy (non-hydrogen) atoms. The quantitative estimate of drug-likeness (QED) is 0.462. The van der Waals surface area contributed by atoms with E-state index in [0.29, 0.717) is 44.1 Å². The monoisotopic (exact) mass is 586 g/mol. The van der Waals surface area contributed by atoms with Crippen LogP contribution in [0, 0.1) is 0 Å². The minimum atomic E-state index is -4.48. The predicted octanol–water partition coefficient (Wildman–Crippen LogP) is 5.54. The molecule has 4 aliphatic rings. The molecule has 1 aromatic heterocycles. The second-order valence-corrected chi connectivity index (χ2v) is 12.5. The summed E-state index contributed by atoms with van der Waals surface area (Å²) in [5.41, 5.74) is 0.939. The average Bonchev–Trinajstić information content (AvgIpc) is 3.53. The molecule has 2 aromatic rings. The summed E-state index contributed by atoms with van der Waals surface area (Å²) in [7, 11) is 0. The van der Waals surface area contributed by atoms with Crippen LogP contribution in [0.25, 0.3) is 0 Å². The number of hydrogen-bond acceptors (Lipinski definition) is 4. The Morgan fingerprint density at radius 3 is 2.19 bits per heavy atom. The van der Waals surface area contributed by atoms with E-state index in [9.17, 15) is 22.8 Å². The van der Waals surface area contributed by atoms with Crippen molar-refractivity contribution >= 4 is 11.9 Å². The molecule has 1 aromatic carbocycles. The number of carbonyl (C=O) groups excluding carboxylic acids is 2. The Bertz CT molecular complexity index is 1290. The van der Waals surface area contributed by atoms with E-state index in [2.05, 4.69) is 18.7 Å². The van der Waals surface area contributed by atoms with E-state index < -0.39 is 17.8 Å². The Morgan fingerprint density at radius 1 is 0.881 bits per heavy atom. The number of likely N-dealkylation sites (tertiary alicyclic amines) is 2. The zero-order chi connectivity index (χ0) is 29.6. The molecule has 4 heterocycles. The number of piperazine rings is 1. The number of carbonyl (C=O) groups is 2. The third-order valence-electron chi connectivity index (χ3n) is 9.56. The molecule has 228 valence electrons. The Kier molecular flexibility index (Phi) is 7.97. The van der Waals surface area contributed by atoms with Crippen molar-refractivity contribution in [1.82, 2.24) is 29.4 Å². The van der Waals surface area contributed by atoms with Crippen molar-refractivity contribution in [3.63, 3.8) is 0 Å². The minimum Gasteiger partial charge on any atom is -0.331 e. The highest BCUT2D eigenvalue weighted by molar-refractivity contribution is 5.96. The first kappa shape index (κ1) is 29.0. The third kappa shape index (κ3) is 5.64. The summed E-state index contributed by atoms with van der Waals surface area (Å²) in [6, 6.07) is 5.69. The van der Waals surface area contributed by atoms with Gasteiger partial charge in [-0.1, -0.05) is 18.2 Å². The van der Waals surface area contributed by atoms with Crippen LogP contribution in [-0.4, -0.2) is 93.2 Å². The van der Waals surface area contributed by atoms with Gasteiger partial charge in [-0.25, -0.2) is 4.79 Å². The summed E-state index contributed by atoms with van der Waals surface area (Å²) in [6.45, 7) is 9.37. The third-order valence-corrected chi connectivity index (χ3v) is 9.56. The fourth-order valence-corrected chi connectivity index (χ4v) is 7.06. The maximum Gasteiger partial charge on any atom is 0.416 e. The van der Waals surface area contributed by atoms with Crippen LogP contribution >= 0.6 is 0 Å². The summed E-state index contributed by atoms with van der Waals surface area (Å²) in [5, 5.41) is 4.70. The molecule has 3 aliphatic heterocycles. The van der Waals surface area contributed by atoms with Gasteiger partial charge in [0.1, 0.15) is 0 Å². The lowest BCUT2D eigenvalue weighted by atomic mass is 9.97. The number of hydrogen-bond donors (Lipinski definition) is 0. The molecule has 0 bridgehead atoms. The average molecular weight is 587 g/mol. The van der Waals surface area contributed by atoms with Crippen LogP contribution in [0.4, 0.5) is 18.0 Å². The van der Waals surface area contributed by atoms with E-state index in [4.69, 9.17) is 5.10 Å². The molecular weight excluding hydrogens is 545 g/mol. The van der Waals surface area contributed by atoms with Crippen LogP contribution in [0.1, 0.15) is 97.6 Å². The van der Waals surface area contributed by atoms with E-state index in [1.165, 1.54) is 12.1 Å². The van der Waals surface area contributed by atoms with Crippen LogP contribution in [0.5, 0.6) is 0 Å². The van der Waals surface area contributed by atoms with Crippen LogP contribution in [0.3, 0.4) is 0 Å². The molecule has 6 rings (SSSR count). The summed E-state index contributed by atoms with van der Waals surface area (Å²) in [6.07, 6.45) is 1.80. The van der Waals surface area contributed by atoms with Crippen molar-refractivity contribution in [1.29, 1.82) is 0 Å². The first-order valence-corrected chi connectivity index (χ1v) is 15.5. The van der Waals surface area contributed by atoms with Gasteiger partial charge in [0.25, 0.3) is 5.91 Å². The number of piperidine rings is 1. The van der Waals surface area contributed by atoms with Crippen molar-refractivity contribution in [3.8, 4) is 0 Å². The molecule has 0 spiro atoms. The zero-order valence-electron chi connectivity index (χ0n) is 24.5. The van der Waals surface area contributed by atoms with E-state index in [-0.39, 0.29) is 29.5 Å². The molecule has 3 saturated heterocycles. The highest BCUT2D eigenvalue weighted by atomic mass is 19.4. The lowest BCUT2D eigenvalue weighted by molar-refractivity contribution is -0.138. The molecule has 8 nitrogen and oxygen atoms in total. The van der Waals surface area contributed by atoms with Crippen LogP contribution in [0.2, 0.25) is 0 Å². The maximum absolute atomic E-state index is 14.0. The van der Waals surface area contributed by atoms with Gasteiger partial charge >= 0.3 is 12.2 Å². The number of alkyl halides is 3. The number of halogens is 3. The summed E-state index contributed by atoms with van der Waals surface area (Å²) < 4.78 is 43.5. The first-order chi connectivity index (χ1) is 20.1. The summed E-state index contributed by atoms with van der Waals surface area (Å²) in [4.78, 5) is 35.1. The smallest absolute Gasteiger partial charge is 0.331 e. The lowest BCUT2D eigenvalue weighted by Gasteiger charge is -2.41. The van der Waals surface area contributed by atoms with Gasteiger partial charge in [-0.15, -0.1) is 0 Å². The molecule has 11 heteroatoms. The highest BCUT2D eigenvalue weighted by Gasteiger charge is 2.42. The van der Waals surface area contributed by atoms with Crippen molar-refractivity contribution < 1.29 is 22.8 Å². The Morgan fingerprint density at radius 2 is 1.55 bits per heavy atom. The van der Waals surface area contributed by atoms with E-state index in [1.54, 1.807) is 17.2 Å². The van der Waals surface area contributed by atoms with E-state index in [0.717, 1.165) is 63.6 Å². The maximum atomic E-state index is 14.0. The molecule has 4 fully saturated rings. The molecule has 1 unspecified atom stereocenters. The standard InChI is InChI=1S/C31H41F3N6O2/c1-21(2)36-16-18-38(19-17-36)30(42)37-14-11-23(12-15-37)40-28(22-9-10-22)25(20-35-40)29(41)39-13-5-8-27(39)24-6-3-4-7-26(24)31(32,33)34/h3-4,6-7,20-23,27H,5,8-19H2,1-2H3. The molecule has 1 atom stereocenters. The zero-order valence-corrected chi connectivity index (χ0v) is 24.5. The normalized spacial score (nSPS) is 22.8. The van der Waals surface area contributed by atoms with Crippen molar-refractivity contribution in [2.75, 3.05) is 45.8 Å². The van der Waals surface area contributed by atoms with Gasteiger partial charge in [0, 0.05) is 57.8 Å². The molecule has 1 saturated carbocycles.